The van der Waals surface area contributed by atoms with E-state index >= 15 is 0 Å². The molecule has 2 atom stereocenters. The minimum Gasteiger partial charge on any atom is -0.390 e. The summed E-state index contributed by atoms with van der Waals surface area (Å²) in [6.45, 7) is 3.35. The van der Waals surface area contributed by atoms with Crippen LogP contribution in [0, 0.1) is 0 Å². The van der Waals surface area contributed by atoms with E-state index in [0.717, 1.165) is 18.4 Å². The van der Waals surface area contributed by atoms with Crippen molar-refractivity contribution in [1.82, 2.24) is 0 Å². The van der Waals surface area contributed by atoms with Gasteiger partial charge in [0, 0.05) is 0 Å². The average Bonchev–Trinajstić information content (AvgIpc) is 2.42. The van der Waals surface area contributed by atoms with Crippen LogP contribution in [0.15, 0.2) is 30.3 Å². The van der Waals surface area contributed by atoms with Gasteiger partial charge in [-0.3, -0.25) is 4.79 Å². The number of aliphatic hydroxyl groups excluding tert-OH is 1. The Morgan fingerprint density at radius 1 is 1.32 bits per heavy atom. The molecule has 1 aromatic carbocycles. The third-order valence-corrected chi connectivity index (χ3v) is 3.62. The molecule has 2 unspecified atom stereocenters. The van der Waals surface area contributed by atoms with E-state index in [1.54, 1.807) is 0 Å². The van der Waals surface area contributed by atoms with Gasteiger partial charge in [-0.2, -0.15) is 0 Å². The smallest absolute Gasteiger partial charge is 0.163 e. The Morgan fingerprint density at radius 3 is 2.47 bits per heavy atom. The van der Waals surface area contributed by atoms with Gasteiger partial charge in [-0.05, 0) is 31.7 Å². The van der Waals surface area contributed by atoms with Crippen LogP contribution in [0.25, 0.3) is 0 Å². The Hall–Kier alpha value is -1.19. The zero-order valence-corrected chi connectivity index (χ0v) is 11.8. The molecule has 3 heteroatoms. The van der Waals surface area contributed by atoms with Gasteiger partial charge in [0.05, 0.1) is 6.10 Å². The number of hydrogen-bond donors (Lipinski definition) is 2. The van der Waals surface area contributed by atoms with Crippen LogP contribution in [0.4, 0.5) is 0 Å². The number of carbonyl (C=O) groups is 1. The Morgan fingerprint density at radius 2 is 1.95 bits per heavy atom. The van der Waals surface area contributed by atoms with Crippen molar-refractivity contribution in [3.63, 3.8) is 0 Å². The SMILES string of the molecule is CCCCC(O)(C(C)=O)C(O)CCc1ccccc1. The zero-order chi connectivity index (χ0) is 14.3. The molecule has 3 nitrogen and oxygen atoms in total. The highest BCUT2D eigenvalue weighted by Gasteiger charge is 2.39. The number of aryl methyl sites for hydroxylation is 1. The van der Waals surface area contributed by atoms with Gasteiger partial charge in [-0.1, -0.05) is 50.1 Å². The Bertz CT molecular complexity index is 388. The van der Waals surface area contributed by atoms with Gasteiger partial charge in [0.25, 0.3) is 0 Å². The van der Waals surface area contributed by atoms with Crippen LogP contribution >= 0.6 is 0 Å². The molecule has 0 aliphatic heterocycles. The summed E-state index contributed by atoms with van der Waals surface area (Å²) in [5, 5.41) is 20.5. The van der Waals surface area contributed by atoms with Gasteiger partial charge >= 0.3 is 0 Å². The molecule has 1 rings (SSSR count). The Kier molecular flexibility index (Phi) is 6.19. The number of benzene rings is 1. The highest BCUT2D eigenvalue weighted by atomic mass is 16.3. The average molecular weight is 264 g/mol. The number of ketones is 1. The standard InChI is InChI=1S/C16H24O3/c1-3-4-12-16(19,13(2)17)15(18)11-10-14-8-6-5-7-9-14/h5-9,15,18-19H,3-4,10-12H2,1-2H3. The molecular formula is C16H24O3. The normalized spacial score (nSPS) is 15.8. The monoisotopic (exact) mass is 264 g/mol. The van der Waals surface area contributed by atoms with Gasteiger partial charge in [-0.25, -0.2) is 0 Å². The maximum atomic E-state index is 11.6. The second-order valence-electron chi connectivity index (χ2n) is 5.12. The van der Waals surface area contributed by atoms with E-state index in [1.165, 1.54) is 6.92 Å². The number of unbranched alkanes of at least 4 members (excludes halogenated alkanes) is 1. The van der Waals surface area contributed by atoms with E-state index in [2.05, 4.69) is 0 Å². The van der Waals surface area contributed by atoms with Crippen LogP contribution in [-0.4, -0.2) is 27.7 Å². The second-order valence-corrected chi connectivity index (χ2v) is 5.12. The third kappa shape index (κ3) is 4.44. The van der Waals surface area contributed by atoms with Crippen molar-refractivity contribution in [3.8, 4) is 0 Å². The highest BCUT2D eigenvalue weighted by molar-refractivity contribution is 5.85. The van der Waals surface area contributed by atoms with Gasteiger partial charge in [0.2, 0.25) is 0 Å². The molecule has 0 aliphatic carbocycles. The summed E-state index contributed by atoms with van der Waals surface area (Å²) >= 11 is 0. The van der Waals surface area contributed by atoms with Gasteiger partial charge in [0.1, 0.15) is 5.60 Å². The first-order valence-electron chi connectivity index (χ1n) is 6.96. The van der Waals surface area contributed by atoms with Crippen LogP contribution in [0.5, 0.6) is 0 Å². The third-order valence-electron chi connectivity index (χ3n) is 3.62. The lowest BCUT2D eigenvalue weighted by Crippen LogP contribution is -2.48. The minimum atomic E-state index is -1.59. The first-order chi connectivity index (χ1) is 9.00. The van der Waals surface area contributed by atoms with E-state index < -0.39 is 11.7 Å². The van der Waals surface area contributed by atoms with Crippen molar-refractivity contribution in [2.75, 3.05) is 0 Å². The summed E-state index contributed by atoms with van der Waals surface area (Å²) in [5.74, 6) is -0.346. The molecule has 106 valence electrons. The molecule has 0 aliphatic rings. The van der Waals surface area contributed by atoms with E-state index in [4.69, 9.17) is 0 Å². The van der Waals surface area contributed by atoms with Crippen molar-refractivity contribution in [2.45, 2.75) is 57.7 Å². The van der Waals surface area contributed by atoms with Crippen molar-refractivity contribution in [2.24, 2.45) is 0 Å². The van der Waals surface area contributed by atoms with Crippen LogP contribution in [0.1, 0.15) is 45.1 Å². The summed E-state index contributed by atoms with van der Waals surface area (Å²) in [5.41, 5.74) is -0.493. The minimum absolute atomic E-state index is 0.328. The fraction of sp³-hybridized carbons (Fsp3) is 0.562. The first-order valence-corrected chi connectivity index (χ1v) is 6.96. The summed E-state index contributed by atoms with van der Waals surface area (Å²) in [4.78, 5) is 11.6. The van der Waals surface area contributed by atoms with E-state index in [-0.39, 0.29) is 5.78 Å². The quantitative estimate of drug-likeness (QED) is 0.758. The van der Waals surface area contributed by atoms with Crippen molar-refractivity contribution in [1.29, 1.82) is 0 Å². The van der Waals surface area contributed by atoms with Crippen LogP contribution < -0.4 is 0 Å². The molecule has 1 aromatic rings. The number of rotatable bonds is 8. The topological polar surface area (TPSA) is 57.5 Å². The maximum absolute atomic E-state index is 11.6. The lowest BCUT2D eigenvalue weighted by atomic mass is 9.84. The molecule has 0 aromatic heterocycles. The van der Waals surface area contributed by atoms with Gasteiger partial charge < -0.3 is 10.2 Å². The molecule has 0 heterocycles. The molecule has 0 spiro atoms. The molecule has 0 amide bonds. The highest BCUT2D eigenvalue weighted by Crippen LogP contribution is 2.23. The largest absolute Gasteiger partial charge is 0.390 e. The molecule has 0 bridgehead atoms. The second kappa shape index (κ2) is 7.41. The van der Waals surface area contributed by atoms with Gasteiger partial charge in [-0.15, -0.1) is 0 Å². The van der Waals surface area contributed by atoms with E-state index in [9.17, 15) is 15.0 Å². The van der Waals surface area contributed by atoms with E-state index in [0.29, 0.717) is 19.3 Å². The van der Waals surface area contributed by atoms with Crippen molar-refractivity contribution < 1.29 is 15.0 Å². The fourth-order valence-corrected chi connectivity index (χ4v) is 2.21. The van der Waals surface area contributed by atoms with Crippen LogP contribution in [0.3, 0.4) is 0 Å². The number of hydrogen-bond acceptors (Lipinski definition) is 3. The predicted molar refractivity (Wildman–Crippen MR) is 75.9 cm³/mol. The number of aliphatic hydroxyl groups is 2. The predicted octanol–water partition coefficient (Wildman–Crippen LogP) is 2.49. The van der Waals surface area contributed by atoms with E-state index in [1.807, 2.05) is 37.3 Å². The van der Waals surface area contributed by atoms with Crippen LogP contribution in [-0.2, 0) is 11.2 Å². The maximum Gasteiger partial charge on any atom is 0.163 e. The van der Waals surface area contributed by atoms with Crippen molar-refractivity contribution >= 4 is 5.78 Å². The molecular weight excluding hydrogens is 240 g/mol. The summed E-state index contributed by atoms with van der Waals surface area (Å²) in [6.07, 6.45) is 2.00. The lowest BCUT2D eigenvalue weighted by Gasteiger charge is -2.30. The van der Waals surface area contributed by atoms with Gasteiger partial charge in [0.15, 0.2) is 5.78 Å². The molecule has 0 saturated carbocycles. The molecule has 19 heavy (non-hydrogen) atoms. The fourth-order valence-electron chi connectivity index (χ4n) is 2.21. The zero-order valence-electron chi connectivity index (χ0n) is 11.8. The molecule has 0 fully saturated rings. The lowest BCUT2D eigenvalue weighted by molar-refractivity contribution is -0.150. The summed E-state index contributed by atoms with van der Waals surface area (Å²) in [6, 6.07) is 9.77. The Labute approximate surface area is 115 Å². The first kappa shape index (κ1) is 15.9. The summed E-state index contributed by atoms with van der Waals surface area (Å²) < 4.78 is 0. The number of carbonyl (C=O) groups excluding carboxylic acids is 1. The Balaban J connectivity index is 2.62. The van der Waals surface area contributed by atoms with Crippen LogP contribution in [0.2, 0.25) is 0 Å². The molecule has 2 N–H and O–H groups in total. The molecule has 0 radical (unpaired) electrons. The number of Topliss-reactive ketones (excluding diaryl/α,β-unsaturated/α-hetero) is 1. The summed E-state index contributed by atoms with van der Waals surface area (Å²) in [7, 11) is 0. The van der Waals surface area contributed by atoms with Crippen molar-refractivity contribution in [3.05, 3.63) is 35.9 Å². The molecule has 0 saturated heterocycles.